The second-order valence-electron chi connectivity index (χ2n) is 9.94. The normalized spacial score (nSPS) is 20.0. The summed E-state index contributed by atoms with van der Waals surface area (Å²) in [5, 5.41) is 9.01. The first-order valence-corrected chi connectivity index (χ1v) is 12.3. The Hall–Kier alpha value is -3.91. The van der Waals surface area contributed by atoms with E-state index in [1.54, 1.807) is 10.8 Å². The van der Waals surface area contributed by atoms with Gasteiger partial charge in [0.05, 0.1) is 11.9 Å². The largest absolute Gasteiger partial charge is 0.366 e. The number of H-pyrrole nitrogens is 1. The van der Waals surface area contributed by atoms with Crippen molar-refractivity contribution in [2.75, 3.05) is 23.3 Å². The third-order valence-corrected chi connectivity index (χ3v) is 7.52. The zero-order chi connectivity index (χ0) is 23.5. The molecule has 3 aromatic heterocycles. The topological polar surface area (TPSA) is 77.4 Å². The van der Waals surface area contributed by atoms with Crippen molar-refractivity contribution in [3.05, 3.63) is 67.3 Å². The third kappa shape index (κ3) is 3.44. The van der Waals surface area contributed by atoms with Gasteiger partial charge < -0.3 is 15.2 Å². The predicted octanol–water partition coefficient (Wildman–Crippen LogP) is 4.69. The number of benzene rings is 2. The number of rotatable bonds is 5. The fourth-order valence-corrected chi connectivity index (χ4v) is 5.78. The van der Waals surface area contributed by atoms with Gasteiger partial charge in [-0.25, -0.2) is 14.5 Å². The van der Waals surface area contributed by atoms with E-state index in [0.29, 0.717) is 29.6 Å². The van der Waals surface area contributed by atoms with E-state index < -0.39 is 0 Å². The van der Waals surface area contributed by atoms with E-state index >= 15 is 0 Å². The molecule has 0 saturated carbocycles. The molecule has 5 heterocycles. The average Bonchev–Trinajstić information content (AvgIpc) is 3.67. The SMILES string of the molecule is CC(C)N1CC2C[C@@H]1CN2c1ccc(Nc2nc(-c3ccc4[nH]ccc4c3)cn3ncnc23)cc1. The highest BCUT2D eigenvalue weighted by Crippen LogP contribution is 2.36. The summed E-state index contributed by atoms with van der Waals surface area (Å²) in [6.45, 7) is 6.89. The van der Waals surface area contributed by atoms with Gasteiger partial charge in [0.1, 0.15) is 6.33 Å². The molecule has 0 amide bonds. The van der Waals surface area contributed by atoms with Crippen LogP contribution in [0.1, 0.15) is 20.3 Å². The quantitative estimate of drug-likeness (QED) is 0.393. The second kappa shape index (κ2) is 7.81. The van der Waals surface area contributed by atoms with E-state index in [0.717, 1.165) is 34.4 Å². The lowest BCUT2D eigenvalue weighted by Gasteiger charge is -2.37. The fourth-order valence-electron chi connectivity index (χ4n) is 5.78. The predicted molar refractivity (Wildman–Crippen MR) is 139 cm³/mol. The molecule has 8 nitrogen and oxygen atoms in total. The van der Waals surface area contributed by atoms with Crippen molar-refractivity contribution in [2.45, 2.75) is 38.4 Å². The Morgan fingerprint density at radius 1 is 1.03 bits per heavy atom. The van der Waals surface area contributed by atoms with Gasteiger partial charge in [-0.3, -0.25) is 4.90 Å². The summed E-state index contributed by atoms with van der Waals surface area (Å²) in [5.74, 6) is 0.690. The van der Waals surface area contributed by atoms with Crippen LogP contribution in [0.5, 0.6) is 0 Å². The molecule has 2 aromatic carbocycles. The summed E-state index contributed by atoms with van der Waals surface area (Å²) in [4.78, 5) is 17.8. The second-order valence-corrected chi connectivity index (χ2v) is 9.94. The number of nitrogens with zero attached hydrogens (tertiary/aromatic N) is 6. The monoisotopic (exact) mass is 464 g/mol. The van der Waals surface area contributed by atoms with E-state index in [4.69, 9.17) is 4.98 Å². The number of likely N-dealkylation sites (tertiary alicyclic amines) is 1. The number of piperazine rings is 1. The molecular weight excluding hydrogens is 436 g/mol. The molecule has 2 fully saturated rings. The molecule has 1 unspecified atom stereocenters. The van der Waals surface area contributed by atoms with Crippen LogP contribution in [0.15, 0.2) is 67.3 Å². The summed E-state index contributed by atoms with van der Waals surface area (Å²) in [6.07, 6.45) is 6.71. The first kappa shape index (κ1) is 20.5. The summed E-state index contributed by atoms with van der Waals surface area (Å²) in [5.41, 5.74) is 5.96. The van der Waals surface area contributed by atoms with Crippen molar-refractivity contribution in [3.63, 3.8) is 0 Å². The van der Waals surface area contributed by atoms with Crippen molar-refractivity contribution in [3.8, 4) is 11.3 Å². The van der Waals surface area contributed by atoms with Crippen LogP contribution in [0.2, 0.25) is 0 Å². The molecule has 35 heavy (non-hydrogen) atoms. The number of aromatic nitrogens is 5. The molecule has 2 saturated heterocycles. The molecule has 2 aliphatic heterocycles. The van der Waals surface area contributed by atoms with Crippen molar-refractivity contribution in [1.82, 2.24) is 29.5 Å². The lowest BCUT2D eigenvalue weighted by atomic mass is 10.1. The molecule has 2 bridgehead atoms. The van der Waals surface area contributed by atoms with Gasteiger partial charge in [0.15, 0.2) is 11.5 Å². The van der Waals surface area contributed by atoms with Gasteiger partial charge in [0.2, 0.25) is 0 Å². The number of hydrogen-bond acceptors (Lipinski definition) is 6. The van der Waals surface area contributed by atoms with Gasteiger partial charge in [0, 0.05) is 65.3 Å². The van der Waals surface area contributed by atoms with Crippen LogP contribution in [0, 0.1) is 0 Å². The van der Waals surface area contributed by atoms with Crippen molar-refractivity contribution in [2.24, 2.45) is 0 Å². The Morgan fingerprint density at radius 3 is 2.71 bits per heavy atom. The summed E-state index contributed by atoms with van der Waals surface area (Å²) in [7, 11) is 0. The highest BCUT2D eigenvalue weighted by atomic mass is 15.4. The maximum atomic E-state index is 4.93. The van der Waals surface area contributed by atoms with Gasteiger partial charge in [0.25, 0.3) is 0 Å². The number of fused-ring (bicyclic) bond motifs is 4. The molecule has 0 radical (unpaired) electrons. The van der Waals surface area contributed by atoms with Crippen molar-refractivity contribution < 1.29 is 0 Å². The minimum absolute atomic E-state index is 0.618. The lowest BCUT2D eigenvalue weighted by Crippen LogP contribution is -2.48. The Balaban J connectivity index is 1.16. The highest BCUT2D eigenvalue weighted by molar-refractivity contribution is 5.85. The number of anilines is 3. The fraction of sp³-hybridized carbons (Fsp3) is 0.296. The smallest absolute Gasteiger partial charge is 0.198 e. The summed E-state index contributed by atoms with van der Waals surface area (Å²) in [6, 6.07) is 19.0. The minimum Gasteiger partial charge on any atom is -0.366 e. The minimum atomic E-state index is 0.618. The Kier molecular flexibility index (Phi) is 4.57. The number of nitrogens with one attached hydrogen (secondary N) is 2. The average molecular weight is 465 g/mol. The first-order valence-electron chi connectivity index (χ1n) is 12.3. The molecule has 7 rings (SSSR count). The van der Waals surface area contributed by atoms with E-state index in [1.807, 2.05) is 12.4 Å². The first-order chi connectivity index (χ1) is 17.1. The van der Waals surface area contributed by atoms with E-state index in [-0.39, 0.29) is 0 Å². The maximum absolute atomic E-state index is 4.93. The van der Waals surface area contributed by atoms with Crippen LogP contribution < -0.4 is 10.2 Å². The molecule has 2 aliphatic rings. The van der Waals surface area contributed by atoms with E-state index in [2.05, 4.69) is 92.6 Å². The zero-order valence-corrected chi connectivity index (χ0v) is 19.9. The maximum Gasteiger partial charge on any atom is 0.198 e. The van der Waals surface area contributed by atoms with Crippen molar-refractivity contribution in [1.29, 1.82) is 0 Å². The van der Waals surface area contributed by atoms with Gasteiger partial charge in [-0.05, 0) is 62.7 Å². The Morgan fingerprint density at radius 2 is 1.91 bits per heavy atom. The standard InChI is InChI=1S/C27H28N8/c1-17(2)33-13-23-12-22(33)14-34(23)21-6-4-20(5-7-21)31-26-27-29-16-30-35(27)15-25(32-26)18-3-8-24-19(11-18)9-10-28-24/h3-11,15-17,22-23,28H,12-14H2,1-2H3,(H,31,32)/t22-,23?/m1/s1. The number of aromatic amines is 1. The molecule has 5 aromatic rings. The molecule has 8 heteroatoms. The molecule has 0 spiro atoms. The van der Waals surface area contributed by atoms with Gasteiger partial charge in [-0.2, -0.15) is 5.10 Å². The van der Waals surface area contributed by atoms with Gasteiger partial charge in [-0.1, -0.05) is 6.07 Å². The molecule has 2 N–H and O–H groups in total. The highest BCUT2D eigenvalue weighted by Gasteiger charge is 2.43. The van der Waals surface area contributed by atoms with Crippen LogP contribution in [-0.2, 0) is 0 Å². The van der Waals surface area contributed by atoms with E-state index in [1.165, 1.54) is 18.7 Å². The van der Waals surface area contributed by atoms with Crippen LogP contribution in [0.3, 0.4) is 0 Å². The molecular formula is C27H28N8. The van der Waals surface area contributed by atoms with Crippen LogP contribution in [0.25, 0.3) is 27.8 Å². The van der Waals surface area contributed by atoms with Crippen LogP contribution in [0.4, 0.5) is 17.2 Å². The third-order valence-electron chi connectivity index (χ3n) is 7.52. The van der Waals surface area contributed by atoms with Crippen LogP contribution in [-0.4, -0.2) is 60.7 Å². The zero-order valence-electron chi connectivity index (χ0n) is 19.9. The van der Waals surface area contributed by atoms with Gasteiger partial charge in [-0.15, -0.1) is 0 Å². The lowest BCUT2D eigenvalue weighted by molar-refractivity contribution is 0.191. The number of hydrogen-bond donors (Lipinski definition) is 2. The molecule has 2 atom stereocenters. The summed E-state index contributed by atoms with van der Waals surface area (Å²) >= 11 is 0. The summed E-state index contributed by atoms with van der Waals surface area (Å²) < 4.78 is 1.78. The van der Waals surface area contributed by atoms with Crippen molar-refractivity contribution >= 4 is 33.7 Å². The Bertz CT molecular complexity index is 1520. The molecule has 176 valence electrons. The Labute approximate surface area is 203 Å². The van der Waals surface area contributed by atoms with Gasteiger partial charge >= 0.3 is 0 Å². The van der Waals surface area contributed by atoms with Crippen LogP contribution >= 0.6 is 0 Å². The van der Waals surface area contributed by atoms with E-state index in [9.17, 15) is 0 Å². The molecule has 0 aliphatic carbocycles.